The van der Waals surface area contributed by atoms with Gasteiger partial charge in [-0.25, -0.2) is 0 Å². The summed E-state index contributed by atoms with van der Waals surface area (Å²) in [4.78, 5) is 3.62. The molecule has 2 nitrogen and oxygen atoms in total. The Labute approximate surface area is 187 Å². The van der Waals surface area contributed by atoms with Gasteiger partial charge in [0.15, 0.2) is 0 Å². The molecule has 0 saturated heterocycles. The standard InChI is InChI=1S/C30H24N2/c1-2-8-22(9-3-1)32-29-13-7-5-11-24(29)26-19-21(15-17-30(26)32)20-14-16-28-25(18-20)23-10-4-6-12-27(23)31-28/h1-5,7-8,10-11,13-19,22,31H,6,9,12H2. The number of aromatic amines is 1. The summed E-state index contributed by atoms with van der Waals surface area (Å²) in [6, 6.07) is 23.0. The number of para-hydroxylation sites is 1. The van der Waals surface area contributed by atoms with E-state index in [-0.39, 0.29) is 0 Å². The second-order valence-corrected chi connectivity index (χ2v) is 8.95. The third-order valence-corrected chi connectivity index (χ3v) is 7.10. The minimum Gasteiger partial charge on any atom is -0.358 e. The third-order valence-electron chi connectivity index (χ3n) is 7.10. The molecule has 2 aromatic heterocycles. The minimum absolute atomic E-state index is 0.364. The van der Waals surface area contributed by atoms with Crippen LogP contribution in [0, 0.1) is 0 Å². The SMILES string of the molecule is C1=CCC(n2c3ccccc3c3cc(-c4ccc5[nH]c6c(c5c4)C=CCC6)ccc32)C=C1. The number of rotatable bonds is 2. The van der Waals surface area contributed by atoms with Crippen molar-refractivity contribution in [2.45, 2.75) is 25.3 Å². The summed E-state index contributed by atoms with van der Waals surface area (Å²) in [5.41, 5.74) is 9.14. The summed E-state index contributed by atoms with van der Waals surface area (Å²) in [5, 5.41) is 3.99. The monoisotopic (exact) mass is 412 g/mol. The molecular weight excluding hydrogens is 388 g/mol. The van der Waals surface area contributed by atoms with Crippen LogP contribution in [-0.2, 0) is 6.42 Å². The van der Waals surface area contributed by atoms with Crippen molar-refractivity contribution in [2.24, 2.45) is 0 Å². The smallest absolute Gasteiger partial charge is 0.0560 e. The Morgan fingerprint density at radius 1 is 0.781 bits per heavy atom. The van der Waals surface area contributed by atoms with E-state index >= 15 is 0 Å². The zero-order valence-electron chi connectivity index (χ0n) is 17.9. The number of hydrogen-bond acceptors (Lipinski definition) is 0. The predicted molar refractivity (Wildman–Crippen MR) is 136 cm³/mol. The van der Waals surface area contributed by atoms with Crippen molar-refractivity contribution in [3.8, 4) is 11.1 Å². The average Bonchev–Trinajstić information content (AvgIpc) is 3.39. The van der Waals surface area contributed by atoms with Gasteiger partial charge in [-0.15, -0.1) is 0 Å². The molecule has 0 radical (unpaired) electrons. The van der Waals surface area contributed by atoms with Crippen LogP contribution in [-0.4, -0.2) is 9.55 Å². The Balaban J connectivity index is 1.43. The number of aryl methyl sites for hydroxylation is 1. The van der Waals surface area contributed by atoms with Crippen LogP contribution < -0.4 is 0 Å². The zero-order chi connectivity index (χ0) is 21.1. The van der Waals surface area contributed by atoms with E-state index in [1.165, 1.54) is 55.1 Å². The van der Waals surface area contributed by atoms with E-state index in [9.17, 15) is 0 Å². The number of allylic oxidation sites excluding steroid dienone is 5. The molecule has 1 N–H and O–H groups in total. The zero-order valence-corrected chi connectivity index (χ0v) is 17.9. The van der Waals surface area contributed by atoms with Gasteiger partial charge >= 0.3 is 0 Å². The minimum atomic E-state index is 0.364. The van der Waals surface area contributed by atoms with Crippen LogP contribution in [0.4, 0.5) is 0 Å². The van der Waals surface area contributed by atoms with Crippen molar-refractivity contribution in [1.82, 2.24) is 9.55 Å². The van der Waals surface area contributed by atoms with Crippen LogP contribution in [0.5, 0.6) is 0 Å². The lowest BCUT2D eigenvalue weighted by Crippen LogP contribution is -2.06. The molecule has 32 heavy (non-hydrogen) atoms. The fourth-order valence-corrected chi connectivity index (χ4v) is 5.56. The van der Waals surface area contributed by atoms with Crippen molar-refractivity contribution >= 4 is 38.8 Å². The number of aromatic nitrogens is 2. The number of hydrogen-bond donors (Lipinski definition) is 1. The van der Waals surface area contributed by atoms with Gasteiger partial charge in [0.1, 0.15) is 0 Å². The maximum Gasteiger partial charge on any atom is 0.0560 e. The van der Waals surface area contributed by atoms with Gasteiger partial charge in [0.2, 0.25) is 0 Å². The largest absolute Gasteiger partial charge is 0.358 e. The molecule has 0 aliphatic heterocycles. The second kappa shape index (κ2) is 6.86. The highest BCUT2D eigenvalue weighted by atomic mass is 15.0. The molecule has 2 aliphatic carbocycles. The normalized spacial score (nSPS) is 17.6. The van der Waals surface area contributed by atoms with Crippen molar-refractivity contribution in [3.05, 3.63) is 102 Å². The number of nitrogens with one attached hydrogen (secondary N) is 1. The quantitative estimate of drug-likeness (QED) is 0.304. The fourth-order valence-electron chi connectivity index (χ4n) is 5.56. The van der Waals surface area contributed by atoms with E-state index in [1.807, 2.05) is 0 Å². The summed E-state index contributed by atoms with van der Waals surface area (Å²) in [7, 11) is 0. The highest BCUT2D eigenvalue weighted by Crippen LogP contribution is 2.38. The summed E-state index contributed by atoms with van der Waals surface area (Å²) in [5.74, 6) is 0. The molecule has 0 bridgehead atoms. The lowest BCUT2D eigenvalue weighted by atomic mass is 9.98. The predicted octanol–water partition coefficient (Wildman–Crippen LogP) is 7.96. The molecule has 1 unspecified atom stereocenters. The first kappa shape index (κ1) is 17.9. The molecule has 5 aromatic rings. The molecule has 3 aromatic carbocycles. The van der Waals surface area contributed by atoms with Gasteiger partial charge in [0.25, 0.3) is 0 Å². The molecule has 154 valence electrons. The van der Waals surface area contributed by atoms with E-state index in [4.69, 9.17) is 0 Å². The van der Waals surface area contributed by atoms with E-state index in [1.54, 1.807) is 0 Å². The first-order valence-corrected chi connectivity index (χ1v) is 11.5. The topological polar surface area (TPSA) is 20.7 Å². The Hall–Kier alpha value is -3.78. The summed E-state index contributed by atoms with van der Waals surface area (Å²) in [6.45, 7) is 0. The molecular formula is C30H24N2. The molecule has 7 rings (SSSR count). The van der Waals surface area contributed by atoms with E-state index < -0.39 is 0 Å². The van der Waals surface area contributed by atoms with Crippen LogP contribution in [0.3, 0.4) is 0 Å². The molecule has 0 saturated carbocycles. The summed E-state index contributed by atoms with van der Waals surface area (Å²) >= 11 is 0. The number of benzene rings is 3. The first-order chi connectivity index (χ1) is 15.9. The Morgan fingerprint density at radius 3 is 2.53 bits per heavy atom. The summed E-state index contributed by atoms with van der Waals surface area (Å²) < 4.78 is 2.50. The van der Waals surface area contributed by atoms with Crippen LogP contribution in [0.2, 0.25) is 0 Å². The van der Waals surface area contributed by atoms with Gasteiger partial charge in [-0.3, -0.25) is 0 Å². The van der Waals surface area contributed by atoms with Crippen LogP contribution in [0.15, 0.2) is 91.0 Å². The third kappa shape index (κ3) is 2.59. The van der Waals surface area contributed by atoms with Gasteiger partial charge in [0.05, 0.1) is 6.04 Å². The molecule has 2 aliphatic rings. The maximum atomic E-state index is 3.62. The molecule has 0 fully saturated rings. The molecule has 0 spiro atoms. The fraction of sp³-hybridized carbons (Fsp3) is 0.133. The van der Waals surface area contributed by atoms with Gasteiger partial charge < -0.3 is 9.55 Å². The lowest BCUT2D eigenvalue weighted by Gasteiger charge is -2.18. The Kier molecular flexibility index (Phi) is 3.83. The number of nitrogens with zero attached hydrogens (tertiary/aromatic N) is 1. The Bertz CT molecular complexity index is 1600. The van der Waals surface area contributed by atoms with E-state index in [0.29, 0.717) is 6.04 Å². The van der Waals surface area contributed by atoms with Gasteiger partial charge in [-0.1, -0.05) is 66.8 Å². The first-order valence-electron chi connectivity index (χ1n) is 11.5. The highest BCUT2D eigenvalue weighted by molar-refractivity contribution is 6.09. The average molecular weight is 413 g/mol. The second-order valence-electron chi connectivity index (χ2n) is 8.95. The van der Waals surface area contributed by atoms with Crippen molar-refractivity contribution in [3.63, 3.8) is 0 Å². The van der Waals surface area contributed by atoms with Crippen molar-refractivity contribution in [1.29, 1.82) is 0 Å². The van der Waals surface area contributed by atoms with Gasteiger partial charge in [-0.05, 0) is 60.7 Å². The van der Waals surface area contributed by atoms with Crippen molar-refractivity contribution in [2.75, 3.05) is 0 Å². The number of fused-ring (bicyclic) bond motifs is 6. The van der Waals surface area contributed by atoms with Crippen LogP contribution in [0.1, 0.15) is 30.1 Å². The molecule has 2 heteroatoms. The van der Waals surface area contributed by atoms with Gasteiger partial charge in [0, 0.05) is 44.0 Å². The van der Waals surface area contributed by atoms with E-state index in [2.05, 4.69) is 107 Å². The summed E-state index contributed by atoms with van der Waals surface area (Å²) in [6.07, 6.45) is 16.7. The van der Waals surface area contributed by atoms with Crippen LogP contribution >= 0.6 is 0 Å². The molecule has 2 heterocycles. The van der Waals surface area contributed by atoms with Crippen LogP contribution in [0.25, 0.3) is 49.9 Å². The van der Waals surface area contributed by atoms with Gasteiger partial charge in [-0.2, -0.15) is 0 Å². The highest BCUT2D eigenvalue weighted by Gasteiger charge is 2.18. The Morgan fingerprint density at radius 2 is 1.62 bits per heavy atom. The van der Waals surface area contributed by atoms with E-state index in [0.717, 1.165) is 19.3 Å². The molecule has 0 amide bonds. The lowest BCUT2D eigenvalue weighted by molar-refractivity contribution is 0.648. The van der Waals surface area contributed by atoms with Crippen molar-refractivity contribution < 1.29 is 0 Å². The molecule has 1 atom stereocenters. The maximum absolute atomic E-state index is 3.62. The number of H-pyrrole nitrogens is 1.